The predicted molar refractivity (Wildman–Crippen MR) is 82.6 cm³/mol. The number of rotatable bonds is 6. The molecule has 0 radical (unpaired) electrons. The molecule has 1 N–H and O–H groups in total. The van der Waals surface area contributed by atoms with E-state index in [1.54, 1.807) is 0 Å². The molecule has 2 fully saturated rings. The zero-order chi connectivity index (χ0) is 13.7. The summed E-state index contributed by atoms with van der Waals surface area (Å²) in [5, 5.41) is 3.81. The maximum Gasteiger partial charge on any atom is 0.0309 e. The van der Waals surface area contributed by atoms with E-state index in [1.165, 1.54) is 71.4 Å². The van der Waals surface area contributed by atoms with E-state index in [0.29, 0.717) is 5.54 Å². The zero-order valence-electron chi connectivity index (χ0n) is 13.2. The molecule has 2 saturated heterocycles. The molecule has 19 heavy (non-hydrogen) atoms. The van der Waals surface area contributed by atoms with E-state index >= 15 is 0 Å². The summed E-state index contributed by atoms with van der Waals surface area (Å²) in [6.07, 6.45) is 6.68. The van der Waals surface area contributed by atoms with Gasteiger partial charge in [0.05, 0.1) is 0 Å². The highest BCUT2D eigenvalue weighted by atomic mass is 15.3. The number of piperazine rings is 1. The summed E-state index contributed by atoms with van der Waals surface area (Å²) < 4.78 is 0. The SMILES string of the molecule is CCCC1(CN2CCN(C(C)CC)CC2)CCCN1. The Labute approximate surface area is 119 Å². The van der Waals surface area contributed by atoms with E-state index in [1.807, 2.05) is 0 Å². The summed E-state index contributed by atoms with van der Waals surface area (Å²) in [5.74, 6) is 0. The highest BCUT2D eigenvalue weighted by Gasteiger charge is 2.35. The molecule has 0 bridgehead atoms. The standard InChI is InChI=1S/C16H33N3/c1-4-7-16(8-6-9-17-16)14-18-10-12-19(13-11-18)15(3)5-2/h15,17H,4-14H2,1-3H3. The molecule has 0 amide bonds. The molecule has 2 rings (SSSR count). The van der Waals surface area contributed by atoms with Gasteiger partial charge in [0.1, 0.15) is 0 Å². The molecule has 2 unspecified atom stereocenters. The largest absolute Gasteiger partial charge is 0.310 e. The van der Waals surface area contributed by atoms with E-state index in [9.17, 15) is 0 Å². The van der Waals surface area contributed by atoms with Gasteiger partial charge in [0.25, 0.3) is 0 Å². The lowest BCUT2D eigenvalue weighted by Crippen LogP contribution is -2.56. The first-order valence-corrected chi connectivity index (χ1v) is 8.40. The fourth-order valence-electron chi connectivity index (χ4n) is 3.82. The van der Waals surface area contributed by atoms with Gasteiger partial charge in [-0.2, -0.15) is 0 Å². The average Bonchev–Trinajstić information content (AvgIpc) is 2.87. The molecule has 3 heteroatoms. The summed E-state index contributed by atoms with van der Waals surface area (Å²) in [6, 6.07) is 0.761. The third-order valence-electron chi connectivity index (χ3n) is 5.21. The highest BCUT2D eigenvalue weighted by molar-refractivity contribution is 4.96. The summed E-state index contributed by atoms with van der Waals surface area (Å²) in [4.78, 5) is 5.36. The minimum Gasteiger partial charge on any atom is -0.310 e. The topological polar surface area (TPSA) is 18.5 Å². The zero-order valence-corrected chi connectivity index (χ0v) is 13.2. The van der Waals surface area contributed by atoms with Crippen molar-refractivity contribution >= 4 is 0 Å². The Bertz CT molecular complexity index is 253. The van der Waals surface area contributed by atoms with E-state index in [-0.39, 0.29) is 0 Å². The molecule has 0 aromatic heterocycles. The lowest BCUT2D eigenvalue weighted by atomic mass is 9.91. The Morgan fingerprint density at radius 2 is 1.89 bits per heavy atom. The molecule has 2 atom stereocenters. The maximum atomic E-state index is 3.81. The Balaban J connectivity index is 1.81. The lowest BCUT2D eigenvalue weighted by molar-refractivity contribution is 0.0790. The van der Waals surface area contributed by atoms with Crippen LogP contribution in [-0.2, 0) is 0 Å². The van der Waals surface area contributed by atoms with Gasteiger partial charge in [0, 0.05) is 44.3 Å². The van der Waals surface area contributed by atoms with Gasteiger partial charge < -0.3 is 5.32 Å². The van der Waals surface area contributed by atoms with Crippen molar-refractivity contribution in [2.75, 3.05) is 39.3 Å². The van der Waals surface area contributed by atoms with Crippen LogP contribution < -0.4 is 5.32 Å². The van der Waals surface area contributed by atoms with Gasteiger partial charge in [-0.25, -0.2) is 0 Å². The molecule has 2 aliphatic heterocycles. The van der Waals surface area contributed by atoms with Crippen LogP contribution in [0.15, 0.2) is 0 Å². The van der Waals surface area contributed by atoms with Gasteiger partial charge in [0.2, 0.25) is 0 Å². The summed E-state index contributed by atoms with van der Waals surface area (Å²) in [5.41, 5.74) is 0.438. The molecule has 0 spiro atoms. The minimum atomic E-state index is 0.438. The summed E-state index contributed by atoms with van der Waals surface area (Å²) in [7, 11) is 0. The van der Waals surface area contributed by atoms with Gasteiger partial charge in [-0.1, -0.05) is 20.3 Å². The van der Waals surface area contributed by atoms with Crippen molar-refractivity contribution in [3.8, 4) is 0 Å². The van der Waals surface area contributed by atoms with Crippen molar-refractivity contribution in [2.45, 2.75) is 64.5 Å². The summed E-state index contributed by atoms with van der Waals surface area (Å²) >= 11 is 0. The van der Waals surface area contributed by atoms with Gasteiger partial charge in [-0.3, -0.25) is 9.80 Å². The van der Waals surface area contributed by atoms with Gasteiger partial charge in [0.15, 0.2) is 0 Å². The van der Waals surface area contributed by atoms with E-state index in [0.717, 1.165) is 6.04 Å². The Kier molecular flexibility index (Phi) is 5.67. The molecule has 0 aromatic rings. The average molecular weight is 267 g/mol. The molecule has 0 aromatic carbocycles. The predicted octanol–water partition coefficient (Wildman–Crippen LogP) is 2.32. The van der Waals surface area contributed by atoms with Gasteiger partial charge >= 0.3 is 0 Å². The monoisotopic (exact) mass is 267 g/mol. The van der Waals surface area contributed by atoms with Crippen LogP contribution in [-0.4, -0.2) is 60.6 Å². The van der Waals surface area contributed by atoms with Crippen LogP contribution in [0.3, 0.4) is 0 Å². The number of nitrogens with one attached hydrogen (secondary N) is 1. The quantitative estimate of drug-likeness (QED) is 0.797. The first-order chi connectivity index (χ1) is 9.19. The van der Waals surface area contributed by atoms with Gasteiger partial charge in [-0.05, 0) is 39.2 Å². The van der Waals surface area contributed by atoms with Crippen LogP contribution in [0.1, 0.15) is 52.9 Å². The Hall–Kier alpha value is -0.120. The molecule has 2 heterocycles. The van der Waals surface area contributed by atoms with Crippen LogP contribution in [0, 0.1) is 0 Å². The van der Waals surface area contributed by atoms with Crippen molar-refractivity contribution in [2.24, 2.45) is 0 Å². The van der Waals surface area contributed by atoms with Crippen molar-refractivity contribution in [3.63, 3.8) is 0 Å². The fourth-order valence-corrected chi connectivity index (χ4v) is 3.82. The molecule has 0 aliphatic carbocycles. The number of hydrogen-bond donors (Lipinski definition) is 1. The van der Waals surface area contributed by atoms with E-state index in [2.05, 4.69) is 35.9 Å². The maximum absolute atomic E-state index is 3.81. The molecule has 3 nitrogen and oxygen atoms in total. The highest BCUT2D eigenvalue weighted by Crippen LogP contribution is 2.26. The third kappa shape index (κ3) is 3.93. The second-order valence-corrected chi connectivity index (χ2v) is 6.63. The fraction of sp³-hybridized carbons (Fsp3) is 1.00. The molecule has 112 valence electrons. The first-order valence-electron chi connectivity index (χ1n) is 8.40. The second-order valence-electron chi connectivity index (χ2n) is 6.63. The van der Waals surface area contributed by atoms with Crippen molar-refractivity contribution in [1.29, 1.82) is 0 Å². The van der Waals surface area contributed by atoms with E-state index < -0.39 is 0 Å². The van der Waals surface area contributed by atoms with Crippen LogP contribution in [0.25, 0.3) is 0 Å². The van der Waals surface area contributed by atoms with Crippen molar-refractivity contribution in [3.05, 3.63) is 0 Å². The van der Waals surface area contributed by atoms with Crippen LogP contribution in [0.2, 0.25) is 0 Å². The van der Waals surface area contributed by atoms with E-state index in [4.69, 9.17) is 0 Å². The van der Waals surface area contributed by atoms with Crippen LogP contribution in [0.5, 0.6) is 0 Å². The molecular weight excluding hydrogens is 234 g/mol. The van der Waals surface area contributed by atoms with Gasteiger partial charge in [-0.15, -0.1) is 0 Å². The lowest BCUT2D eigenvalue weighted by Gasteiger charge is -2.42. The normalized spacial score (nSPS) is 31.7. The summed E-state index contributed by atoms with van der Waals surface area (Å²) in [6.45, 7) is 14.5. The first kappa shape index (κ1) is 15.3. The third-order valence-corrected chi connectivity index (χ3v) is 5.21. The molecular formula is C16H33N3. The van der Waals surface area contributed by atoms with Crippen molar-refractivity contribution < 1.29 is 0 Å². The molecule has 2 aliphatic rings. The molecule has 0 saturated carbocycles. The van der Waals surface area contributed by atoms with Crippen LogP contribution >= 0.6 is 0 Å². The second kappa shape index (κ2) is 7.05. The smallest absolute Gasteiger partial charge is 0.0309 e. The van der Waals surface area contributed by atoms with Crippen LogP contribution in [0.4, 0.5) is 0 Å². The Morgan fingerprint density at radius 3 is 2.42 bits per heavy atom. The Morgan fingerprint density at radius 1 is 1.16 bits per heavy atom. The minimum absolute atomic E-state index is 0.438. The van der Waals surface area contributed by atoms with Crippen molar-refractivity contribution in [1.82, 2.24) is 15.1 Å². The number of nitrogens with zero attached hydrogens (tertiary/aromatic N) is 2. The number of hydrogen-bond acceptors (Lipinski definition) is 3.